The van der Waals surface area contributed by atoms with Crippen molar-refractivity contribution in [3.8, 4) is 5.75 Å². The van der Waals surface area contributed by atoms with E-state index in [1.165, 1.54) is 6.92 Å². The zero-order valence-electron chi connectivity index (χ0n) is 10.7. The summed E-state index contributed by atoms with van der Waals surface area (Å²) < 4.78 is 5.66. The minimum atomic E-state index is -0.511. The molecule has 1 aliphatic rings. The maximum Gasteiger partial charge on any atom is 0.261 e. The molecule has 1 atom stereocenters. The fraction of sp³-hybridized carbons (Fsp3) is 0.429. The van der Waals surface area contributed by atoms with Gasteiger partial charge in [-0.15, -0.1) is 0 Å². The van der Waals surface area contributed by atoms with Crippen molar-refractivity contribution in [2.75, 3.05) is 6.54 Å². The van der Waals surface area contributed by atoms with Gasteiger partial charge in [-0.1, -0.05) is 11.6 Å². The van der Waals surface area contributed by atoms with E-state index in [1.807, 2.05) is 0 Å². The van der Waals surface area contributed by atoms with Gasteiger partial charge in [0.15, 0.2) is 11.9 Å². The Labute approximate surface area is 117 Å². The molecule has 1 saturated heterocycles. The number of ether oxygens (including phenoxy) is 1. The highest BCUT2D eigenvalue weighted by Crippen LogP contribution is 2.27. The zero-order chi connectivity index (χ0) is 13.8. The van der Waals surface area contributed by atoms with Crippen LogP contribution in [0.25, 0.3) is 0 Å². The molecule has 0 saturated carbocycles. The van der Waals surface area contributed by atoms with Gasteiger partial charge in [-0.25, -0.2) is 0 Å². The summed E-state index contributed by atoms with van der Waals surface area (Å²) in [6.07, 6.45) is 2.06. The average Bonchev–Trinajstić information content (AvgIpc) is 2.57. The van der Waals surface area contributed by atoms with E-state index >= 15 is 0 Å². The van der Waals surface area contributed by atoms with Crippen LogP contribution >= 0.6 is 11.6 Å². The lowest BCUT2D eigenvalue weighted by molar-refractivity contribution is -0.127. The lowest BCUT2D eigenvalue weighted by atomic mass is 10.1. The summed E-state index contributed by atoms with van der Waals surface area (Å²) in [6, 6.07) is 4.85. The molecule has 1 fully saturated rings. The monoisotopic (exact) mass is 281 g/mol. The predicted octanol–water partition coefficient (Wildman–Crippen LogP) is 2.59. The second-order valence-corrected chi connectivity index (χ2v) is 5.00. The quantitative estimate of drug-likeness (QED) is 0.867. The van der Waals surface area contributed by atoms with Crippen LogP contribution in [0.2, 0.25) is 5.02 Å². The van der Waals surface area contributed by atoms with Crippen LogP contribution in [0, 0.1) is 0 Å². The van der Waals surface area contributed by atoms with Crippen molar-refractivity contribution in [2.45, 2.75) is 32.3 Å². The molecule has 1 aliphatic heterocycles. The van der Waals surface area contributed by atoms with Crippen LogP contribution in [0.5, 0.6) is 5.75 Å². The van der Waals surface area contributed by atoms with Crippen LogP contribution in [0.15, 0.2) is 18.2 Å². The number of benzene rings is 1. The van der Waals surface area contributed by atoms with E-state index in [9.17, 15) is 9.59 Å². The molecule has 0 aliphatic carbocycles. The highest BCUT2D eigenvalue weighted by Gasteiger charge is 2.23. The van der Waals surface area contributed by atoms with E-state index in [4.69, 9.17) is 16.3 Å². The lowest BCUT2D eigenvalue weighted by Gasteiger charge is -2.17. The van der Waals surface area contributed by atoms with Crippen LogP contribution in [-0.4, -0.2) is 24.3 Å². The molecule has 1 unspecified atom stereocenters. The SMILES string of the molecule is CC(=O)c1ccc(OC2CCCCNC2=O)c(Cl)c1. The first-order chi connectivity index (χ1) is 9.08. The summed E-state index contributed by atoms with van der Waals surface area (Å²) in [6.45, 7) is 2.17. The molecule has 0 aromatic heterocycles. The van der Waals surface area contributed by atoms with E-state index in [0.717, 1.165) is 12.8 Å². The molecule has 1 aromatic rings. The van der Waals surface area contributed by atoms with Gasteiger partial charge in [-0.2, -0.15) is 0 Å². The fourth-order valence-electron chi connectivity index (χ4n) is 1.99. The van der Waals surface area contributed by atoms with Gasteiger partial charge in [0, 0.05) is 12.1 Å². The standard InChI is InChI=1S/C14H16ClNO3/c1-9(17)10-5-6-12(11(15)8-10)19-13-4-2-3-7-16-14(13)18/h5-6,8,13H,2-4,7H2,1H3,(H,16,18). The average molecular weight is 282 g/mol. The Morgan fingerprint density at radius 2 is 2.21 bits per heavy atom. The third-order valence-electron chi connectivity index (χ3n) is 3.09. The van der Waals surface area contributed by atoms with E-state index < -0.39 is 6.10 Å². The van der Waals surface area contributed by atoms with Crippen LogP contribution in [0.3, 0.4) is 0 Å². The highest BCUT2D eigenvalue weighted by atomic mass is 35.5. The summed E-state index contributed by atoms with van der Waals surface area (Å²) in [5.74, 6) is 0.276. The van der Waals surface area contributed by atoms with E-state index in [2.05, 4.69) is 5.32 Å². The number of rotatable bonds is 3. The Balaban J connectivity index is 2.14. The second kappa shape index (κ2) is 6.06. The van der Waals surface area contributed by atoms with E-state index in [-0.39, 0.29) is 11.7 Å². The zero-order valence-corrected chi connectivity index (χ0v) is 11.5. The Hall–Kier alpha value is -1.55. The smallest absolute Gasteiger partial charge is 0.261 e. The number of ketones is 1. The van der Waals surface area contributed by atoms with Crippen molar-refractivity contribution in [2.24, 2.45) is 0 Å². The van der Waals surface area contributed by atoms with Gasteiger partial charge in [0.2, 0.25) is 0 Å². The van der Waals surface area contributed by atoms with Crippen molar-refractivity contribution in [3.05, 3.63) is 28.8 Å². The van der Waals surface area contributed by atoms with Gasteiger partial charge in [0.25, 0.3) is 5.91 Å². The van der Waals surface area contributed by atoms with Gasteiger partial charge >= 0.3 is 0 Å². The number of nitrogens with one attached hydrogen (secondary N) is 1. The number of Topliss-reactive ketones (excluding diaryl/α,β-unsaturated/α-hetero) is 1. The topological polar surface area (TPSA) is 55.4 Å². The molecule has 0 radical (unpaired) electrons. The van der Waals surface area contributed by atoms with Crippen molar-refractivity contribution in [1.82, 2.24) is 5.32 Å². The Morgan fingerprint density at radius 1 is 1.42 bits per heavy atom. The summed E-state index contributed by atoms with van der Waals surface area (Å²) in [7, 11) is 0. The van der Waals surface area contributed by atoms with Crippen LogP contribution in [0.1, 0.15) is 36.5 Å². The molecule has 1 amide bonds. The van der Waals surface area contributed by atoms with Crippen molar-refractivity contribution < 1.29 is 14.3 Å². The summed E-state index contributed by atoms with van der Waals surface area (Å²) in [5.41, 5.74) is 0.530. The third-order valence-corrected chi connectivity index (χ3v) is 3.39. The third kappa shape index (κ3) is 3.47. The van der Waals surface area contributed by atoms with Gasteiger partial charge in [0.05, 0.1) is 5.02 Å². The Bertz CT molecular complexity index is 501. The number of carbonyl (C=O) groups is 2. The van der Waals surface area contributed by atoms with Crippen LogP contribution in [-0.2, 0) is 4.79 Å². The predicted molar refractivity (Wildman–Crippen MR) is 72.7 cm³/mol. The molecule has 1 aromatic carbocycles. The van der Waals surface area contributed by atoms with E-state index in [1.54, 1.807) is 18.2 Å². The molecule has 4 nitrogen and oxygen atoms in total. The molecule has 0 bridgehead atoms. The van der Waals surface area contributed by atoms with Crippen LogP contribution in [0.4, 0.5) is 0 Å². The molecule has 1 N–H and O–H groups in total. The first-order valence-electron chi connectivity index (χ1n) is 6.33. The van der Waals surface area contributed by atoms with Crippen molar-refractivity contribution >= 4 is 23.3 Å². The largest absolute Gasteiger partial charge is 0.479 e. The lowest BCUT2D eigenvalue weighted by Crippen LogP contribution is -2.36. The van der Waals surface area contributed by atoms with Crippen molar-refractivity contribution in [3.63, 3.8) is 0 Å². The summed E-state index contributed by atoms with van der Waals surface area (Å²) >= 11 is 6.07. The van der Waals surface area contributed by atoms with Crippen LogP contribution < -0.4 is 10.1 Å². The number of carbonyl (C=O) groups excluding carboxylic acids is 2. The fourth-order valence-corrected chi connectivity index (χ4v) is 2.22. The molecule has 102 valence electrons. The Kier molecular flexibility index (Phi) is 4.43. The normalized spacial score (nSPS) is 19.5. The number of halogens is 1. The van der Waals surface area contributed by atoms with Crippen molar-refractivity contribution in [1.29, 1.82) is 0 Å². The molecule has 1 heterocycles. The van der Waals surface area contributed by atoms with E-state index in [0.29, 0.717) is 29.3 Å². The number of hydrogen-bond donors (Lipinski definition) is 1. The van der Waals surface area contributed by atoms with Gasteiger partial charge < -0.3 is 10.1 Å². The first kappa shape index (κ1) is 13.9. The van der Waals surface area contributed by atoms with Gasteiger partial charge in [0.1, 0.15) is 5.75 Å². The second-order valence-electron chi connectivity index (χ2n) is 4.59. The molecule has 19 heavy (non-hydrogen) atoms. The number of amides is 1. The summed E-state index contributed by atoms with van der Waals surface area (Å²) in [4.78, 5) is 23.0. The van der Waals surface area contributed by atoms with Gasteiger partial charge in [-0.3, -0.25) is 9.59 Å². The molecule has 5 heteroatoms. The molecular formula is C14H16ClNO3. The number of hydrogen-bond acceptors (Lipinski definition) is 3. The highest BCUT2D eigenvalue weighted by molar-refractivity contribution is 6.32. The minimum absolute atomic E-state index is 0.0549. The molecule has 2 rings (SSSR count). The molecule has 0 spiro atoms. The maximum absolute atomic E-state index is 11.8. The maximum atomic E-state index is 11.8. The first-order valence-corrected chi connectivity index (χ1v) is 6.70. The van der Waals surface area contributed by atoms with Gasteiger partial charge in [-0.05, 0) is 44.4 Å². The summed E-state index contributed by atoms with van der Waals surface area (Å²) in [5, 5.41) is 3.15. The Morgan fingerprint density at radius 3 is 2.89 bits per heavy atom. The minimum Gasteiger partial charge on any atom is -0.479 e. The molecular weight excluding hydrogens is 266 g/mol.